The van der Waals surface area contributed by atoms with Crippen LogP contribution in [0.15, 0.2) is 77.9 Å². The molecule has 2 amide bonds. The van der Waals surface area contributed by atoms with Crippen LogP contribution in [0.1, 0.15) is 45.1 Å². The summed E-state index contributed by atoms with van der Waals surface area (Å²) in [5.74, 6) is -0.208. The van der Waals surface area contributed by atoms with Crippen LogP contribution in [0.3, 0.4) is 0 Å². The number of halogens is 3. The Bertz CT molecular complexity index is 1470. The van der Waals surface area contributed by atoms with Crippen molar-refractivity contribution in [3.63, 3.8) is 0 Å². The highest BCUT2D eigenvalue weighted by Gasteiger charge is 2.35. The molecule has 5 rings (SSSR count). The van der Waals surface area contributed by atoms with E-state index in [9.17, 15) is 22.8 Å². The number of aryl methyl sites for hydroxylation is 1. The predicted octanol–water partition coefficient (Wildman–Crippen LogP) is 5.17. The zero-order valence-electron chi connectivity index (χ0n) is 24.7. The number of hydrogen-bond donors (Lipinski definition) is 0. The van der Waals surface area contributed by atoms with E-state index in [1.54, 1.807) is 7.11 Å². The maximum absolute atomic E-state index is 14.0. The minimum absolute atomic E-state index is 0.0757. The van der Waals surface area contributed by atoms with Gasteiger partial charge in [-0.3, -0.25) is 14.5 Å². The predicted molar refractivity (Wildman–Crippen MR) is 160 cm³/mol. The van der Waals surface area contributed by atoms with E-state index in [1.165, 1.54) is 9.91 Å². The maximum atomic E-state index is 14.0. The molecular weight excluding hydrogens is 573 g/mol. The van der Waals surface area contributed by atoms with Gasteiger partial charge in [-0.25, -0.2) is 5.01 Å². The molecule has 1 saturated heterocycles. The van der Waals surface area contributed by atoms with Crippen LogP contribution in [-0.2, 0) is 15.7 Å². The quantitative estimate of drug-likeness (QED) is 0.335. The number of carbonyl (C=O) groups excluding carboxylic acids is 2. The minimum atomic E-state index is -4.52. The molecular formula is C33H35F3N4O4. The molecule has 3 aromatic carbocycles. The molecule has 2 aliphatic heterocycles. The van der Waals surface area contributed by atoms with Crippen molar-refractivity contribution in [2.45, 2.75) is 25.6 Å². The summed E-state index contributed by atoms with van der Waals surface area (Å²) in [5, 5.41) is 6.17. The Kier molecular flexibility index (Phi) is 9.65. The molecule has 0 unspecified atom stereocenters. The number of amides is 2. The smallest absolute Gasteiger partial charge is 0.416 e. The first-order valence-corrected chi connectivity index (χ1v) is 14.5. The Morgan fingerprint density at radius 1 is 0.977 bits per heavy atom. The summed E-state index contributed by atoms with van der Waals surface area (Å²) in [5.41, 5.74) is 2.79. The minimum Gasteiger partial charge on any atom is -0.497 e. The first-order valence-electron chi connectivity index (χ1n) is 14.5. The van der Waals surface area contributed by atoms with Crippen LogP contribution in [0.2, 0.25) is 0 Å². The molecule has 44 heavy (non-hydrogen) atoms. The molecule has 0 radical (unpaired) electrons. The van der Waals surface area contributed by atoms with E-state index < -0.39 is 17.6 Å². The van der Waals surface area contributed by atoms with Crippen molar-refractivity contribution in [2.75, 3.05) is 53.0 Å². The third-order valence-corrected chi connectivity index (χ3v) is 7.91. The second-order valence-corrected chi connectivity index (χ2v) is 10.9. The van der Waals surface area contributed by atoms with Gasteiger partial charge in [0.2, 0.25) is 0 Å². The summed E-state index contributed by atoms with van der Waals surface area (Å²) in [4.78, 5) is 31.2. The van der Waals surface area contributed by atoms with Crippen molar-refractivity contribution >= 4 is 17.5 Å². The molecule has 0 aromatic heterocycles. The molecule has 1 fully saturated rings. The standard InChI is InChI=1S/C33H35F3N4O4/c1-23-3-5-25(6-4-23)30-21-29(24-9-13-28(43-2)14-10-24)37-40(30)31(41)22-39(16-15-38-17-19-44-20-18-38)32(42)26-7-11-27(12-8-26)33(34,35)36/h3-14,30H,15-22H2,1-2H3/t30-/m0/s1. The van der Waals surface area contributed by atoms with Gasteiger partial charge in [0.15, 0.2) is 0 Å². The van der Waals surface area contributed by atoms with Crippen LogP contribution >= 0.6 is 0 Å². The number of methoxy groups -OCH3 is 1. The summed E-state index contributed by atoms with van der Waals surface area (Å²) in [6.45, 7) is 4.92. The monoisotopic (exact) mass is 608 g/mol. The van der Waals surface area contributed by atoms with E-state index in [1.807, 2.05) is 55.5 Å². The van der Waals surface area contributed by atoms with Crippen molar-refractivity contribution in [3.05, 3.63) is 101 Å². The number of hydrogen-bond acceptors (Lipinski definition) is 6. The van der Waals surface area contributed by atoms with Crippen LogP contribution in [0.25, 0.3) is 0 Å². The largest absolute Gasteiger partial charge is 0.497 e. The SMILES string of the molecule is COc1ccc(C2=NN(C(=O)CN(CCN3CCOCC3)C(=O)c3ccc(C(F)(F)F)cc3)[C@H](c3ccc(C)cc3)C2)cc1. The van der Waals surface area contributed by atoms with E-state index in [0.29, 0.717) is 45.0 Å². The van der Waals surface area contributed by atoms with Gasteiger partial charge in [0.25, 0.3) is 11.8 Å². The van der Waals surface area contributed by atoms with Gasteiger partial charge >= 0.3 is 6.18 Å². The molecule has 2 aliphatic rings. The third kappa shape index (κ3) is 7.46. The first kappa shape index (κ1) is 31.2. The molecule has 11 heteroatoms. The van der Waals surface area contributed by atoms with E-state index >= 15 is 0 Å². The summed E-state index contributed by atoms with van der Waals surface area (Å²) in [6, 6.07) is 19.0. The van der Waals surface area contributed by atoms with Crippen molar-refractivity contribution in [1.29, 1.82) is 0 Å². The van der Waals surface area contributed by atoms with Crippen LogP contribution in [0.5, 0.6) is 5.75 Å². The van der Waals surface area contributed by atoms with E-state index in [4.69, 9.17) is 14.6 Å². The van der Waals surface area contributed by atoms with Gasteiger partial charge in [-0.15, -0.1) is 0 Å². The number of rotatable bonds is 9. The molecule has 0 aliphatic carbocycles. The van der Waals surface area contributed by atoms with Crippen LogP contribution in [-0.4, -0.2) is 85.4 Å². The second kappa shape index (κ2) is 13.6. The Labute approximate surface area is 254 Å². The maximum Gasteiger partial charge on any atom is 0.416 e. The summed E-state index contributed by atoms with van der Waals surface area (Å²) < 4.78 is 50.2. The van der Waals surface area contributed by atoms with E-state index in [-0.39, 0.29) is 30.6 Å². The van der Waals surface area contributed by atoms with Crippen molar-refractivity contribution in [3.8, 4) is 5.75 Å². The lowest BCUT2D eigenvalue weighted by molar-refractivity contribution is -0.137. The van der Waals surface area contributed by atoms with Gasteiger partial charge < -0.3 is 14.4 Å². The Morgan fingerprint density at radius 3 is 2.25 bits per heavy atom. The average molecular weight is 609 g/mol. The highest BCUT2D eigenvalue weighted by molar-refractivity contribution is 6.04. The molecule has 232 valence electrons. The van der Waals surface area contributed by atoms with Gasteiger partial charge in [-0.05, 0) is 66.6 Å². The van der Waals surface area contributed by atoms with E-state index in [0.717, 1.165) is 46.7 Å². The summed E-state index contributed by atoms with van der Waals surface area (Å²) in [7, 11) is 1.59. The van der Waals surface area contributed by atoms with Crippen LogP contribution in [0.4, 0.5) is 13.2 Å². The number of nitrogens with zero attached hydrogens (tertiary/aromatic N) is 4. The molecule has 2 heterocycles. The van der Waals surface area contributed by atoms with Gasteiger partial charge in [0.05, 0.1) is 37.6 Å². The highest BCUT2D eigenvalue weighted by Crippen LogP contribution is 2.34. The molecule has 0 N–H and O–H groups in total. The van der Waals surface area contributed by atoms with Crippen molar-refractivity contribution in [2.24, 2.45) is 5.10 Å². The fraction of sp³-hybridized carbons (Fsp3) is 0.364. The fourth-order valence-electron chi connectivity index (χ4n) is 5.31. The number of carbonyl (C=O) groups is 2. The number of alkyl halides is 3. The average Bonchev–Trinajstić information content (AvgIpc) is 3.49. The van der Waals surface area contributed by atoms with Crippen molar-refractivity contribution < 1.29 is 32.2 Å². The lowest BCUT2D eigenvalue weighted by Gasteiger charge is -2.31. The highest BCUT2D eigenvalue weighted by atomic mass is 19.4. The third-order valence-electron chi connectivity index (χ3n) is 7.91. The van der Waals surface area contributed by atoms with Crippen molar-refractivity contribution in [1.82, 2.24) is 14.8 Å². The normalized spacial score (nSPS) is 17.3. The van der Waals surface area contributed by atoms with Gasteiger partial charge in [-0.2, -0.15) is 18.3 Å². The molecule has 8 nitrogen and oxygen atoms in total. The topological polar surface area (TPSA) is 74.7 Å². The molecule has 3 aromatic rings. The molecule has 0 bridgehead atoms. The van der Waals surface area contributed by atoms with Gasteiger partial charge in [0.1, 0.15) is 12.3 Å². The first-order chi connectivity index (χ1) is 21.1. The summed E-state index contributed by atoms with van der Waals surface area (Å²) >= 11 is 0. The number of benzene rings is 3. The molecule has 1 atom stereocenters. The van der Waals surface area contributed by atoms with E-state index in [2.05, 4.69) is 4.90 Å². The lowest BCUT2D eigenvalue weighted by Crippen LogP contribution is -2.46. The van der Waals surface area contributed by atoms with Gasteiger partial charge in [0, 0.05) is 38.2 Å². The fourth-order valence-corrected chi connectivity index (χ4v) is 5.31. The molecule has 0 saturated carbocycles. The molecule has 0 spiro atoms. The van der Waals surface area contributed by atoms with Gasteiger partial charge in [-0.1, -0.05) is 29.8 Å². The lowest BCUT2D eigenvalue weighted by atomic mass is 9.97. The zero-order valence-corrected chi connectivity index (χ0v) is 24.7. The Morgan fingerprint density at radius 2 is 1.64 bits per heavy atom. The second-order valence-electron chi connectivity index (χ2n) is 10.9. The number of ether oxygens (including phenoxy) is 2. The Hall–Kier alpha value is -4.22. The number of hydrazone groups is 1. The summed E-state index contributed by atoms with van der Waals surface area (Å²) in [6.07, 6.45) is -4.05. The Balaban J connectivity index is 1.41. The van der Waals surface area contributed by atoms with Crippen LogP contribution in [0, 0.1) is 6.92 Å². The van der Waals surface area contributed by atoms with Crippen LogP contribution < -0.4 is 4.74 Å². The number of morpholine rings is 1. The zero-order chi connectivity index (χ0) is 31.3.